The number of ketones is 1. The van der Waals surface area contributed by atoms with Gasteiger partial charge >= 0.3 is 0 Å². The number of carbonyl (C=O) groups is 3. The molecule has 0 radical (unpaired) electrons. The summed E-state index contributed by atoms with van der Waals surface area (Å²) in [5, 5.41) is 0. The number of hydrazine groups is 1. The average molecular weight is 432 g/mol. The minimum atomic E-state index is -0.533. The van der Waals surface area contributed by atoms with E-state index in [-0.39, 0.29) is 19.0 Å². The van der Waals surface area contributed by atoms with Gasteiger partial charge in [-0.25, -0.2) is 0 Å². The summed E-state index contributed by atoms with van der Waals surface area (Å²) in [6.07, 6.45) is 0. The summed E-state index contributed by atoms with van der Waals surface area (Å²) < 4.78 is 10.9. The van der Waals surface area contributed by atoms with Crippen LogP contribution in [0.5, 0.6) is 11.5 Å². The first-order valence-electron chi connectivity index (χ1n) is 10.0. The Labute approximate surface area is 186 Å². The van der Waals surface area contributed by atoms with Gasteiger partial charge < -0.3 is 9.47 Å². The largest absolute Gasteiger partial charge is 0.484 e. The molecule has 0 heterocycles. The van der Waals surface area contributed by atoms with Gasteiger partial charge in [0, 0.05) is 11.1 Å². The number of aryl methyl sites for hydroxylation is 2. The quantitative estimate of drug-likeness (QED) is 0.421. The smallest absolute Gasteiger partial charge is 0.276 e. The standard InChI is InChI=1S/C25H24N2O5/c1-17-8-9-18(2)22(14-17)32-16-24(29)27-26-23(28)15-31-21-12-10-20(11-13-21)25(30)19-6-4-3-5-7-19/h3-14H,15-16H2,1-2H3,(H,26,28)(H,27,29). The summed E-state index contributed by atoms with van der Waals surface area (Å²) in [5.74, 6) is -0.0865. The SMILES string of the molecule is Cc1ccc(C)c(OCC(=O)NNC(=O)COc2ccc(C(=O)c3ccccc3)cc2)c1. The first-order valence-corrected chi connectivity index (χ1v) is 10.0. The number of carbonyl (C=O) groups excluding carboxylic acids is 3. The zero-order valence-electron chi connectivity index (χ0n) is 17.9. The molecule has 0 atom stereocenters. The molecule has 7 heteroatoms. The van der Waals surface area contributed by atoms with Crippen LogP contribution in [0.2, 0.25) is 0 Å². The molecule has 3 rings (SSSR count). The molecule has 2 N–H and O–H groups in total. The van der Waals surface area contributed by atoms with Crippen molar-refractivity contribution in [2.75, 3.05) is 13.2 Å². The van der Waals surface area contributed by atoms with Crippen molar-refractivity contribution in [1.82, 2.24) is 10.9 Å². The molecule has 2 amide bonds. The second kappa shape index (κ2) is 10.8. The molecule has 0 saturated heterocycles. The van der Waals surface area contributed by atoms with Gasteiger partial charge in [-0.2, -0.15) is 0 Å². The van der Waals surface area contributed by atoms with Crippen LogP contribution in [-0.2, 0) is 9.59 Å². The van der Waals surface area contributed by atoms with Gasteiger partial charge in [0.15, 0.2) is 19.0 Å². The fourth-order valence-corrected chi connectivity index (χ4v) is 2.83. The molecule has 3 aromatic carbocycles. The van der Waals surface area contributed by atoms with E-state index in [4.69, 9.17) is 9.47 Å². The highest BCUT2D eigenvalue weighted by molar-refractivity contribution is 6.09. The number of hydrogen-bond donors (Lipinski definition) is 2. The van der Waals surface area contributed by atoms with Gasteiger partial charge in [-0.05, 0) is 55.3 Å². The van der Waals surface area contributed by atoms with Gasteiger partial charge in [-0.15, -0.1) is 0 Å². The lowest BCUT2D eigenvalue weighted by molar-refractivity contribution is -0.131. The zero-order valence-corrected chi connectivity index (χ0v) is 17.9. The monoisotopic (exact) mass is 432 g/mol. The highest BCUT2D eigenvalue weighted by Gasteiger charge is 2.10. The van der Waals surface area contributed by atoms with Crippen LogP contribution in [0.3, 0.4) is 0 Å². The molecule has 0 spiro atoms. The van der Waals surface area contributed by atoms with Crippen molar-refractivity contribution in [2.24, 2.45) is 0 Å². The first-order chi connectivity index (χ1) is 15.4. The molecule has 164 valence electrons. The molecule has 7 nitrogen and oxygen atoms in total. The van der Waals surface area contributed by atoms with E-state index in [0.29, 0.717) is 22.6 Å². The lowest BCUT2D eigenvalue weighted by atomic mass is 10.0. The maximum absolute atomic E-state index is 12.4. The van der Waals surface area contributed by atoms with Gasteiger partial charge in [0.1, 0.15) is 11.5 Å². The van der Waals surface area contributed by atoms with E-state index in [0.717, 1.165) is 11.1 Å². The van der Waals surface area contributed by atoms with E-state index in [9.17, 15) is 14.4 Å². The van der Waals surface area contributed by atoms with E-state index in [2.05, 4.69) is 10.9 Å². The second-order valence-electron chi connectivity index (χ2n) is 7.16. The summed E-state index contributed by atoms with van der Waals surface area (Å²) in [7, 11) is 0. The lowest BCUT2D eigenvalue weighted by Crippen LogP contribution is -2.45. The Morgan fingerprint density at radius 2 is 1.31 bits per heavy atom. The van der Waals surface area contributed by atoms with Crippen molar-refractivity contribution in [2.45, 2.75) is 13.8 Å². The van der Waals surface area contributed by atoms with Crippen molar-refractivity contribution >= 4 is 17.6 Å². The Kier molecular flexibility index (Phi) is 7.59. The topological polar surface area (TPSA) is 93.7 Å². The van der Waals surface area contributed by atoms with Crippen molar-refractivity contribution < 1.29 is 23.9 Å². The predicted octanol–water partition coefficient (Wildman–Crippen LogP) is 3.14. The molecular weight excluding hydrogens is 408 g/mol. The van der Waals surface area contributed by atoms with Crippen molar-refractivity contribution in [3.05, 3.63) is 95.1 Å². The predicted molar refractivity (Wildman–Crippen MR) is 120 cm³/mol. The van der Waals surface area contributed by atoms with Crippen molar-refractivity contribution in [1.29, 1.82) is 0 Å². The van der Waals surface area contributed by atoms with Crippen LogP contribution in [-0.4, -0.2) is 30.8 Å². The van der Waals surface area contributed by atoms with Crippen LogP contribution >= 0.6 is 0 Å². The van der Waals surface area contributed by atoms with Gasteiger partial charge in [0.05, 0.1) is 0 Å². The summed E-state index contributed by atoms with van der Waals surface area (Å²) in [6, 6.07) is 21.1. The van der Waals surface area contributed by atoms with Crippen LogP contribution in [0.4, 0.5) is 0 Å². The molecule has 32 heavy (non-hydrogen) atoms. The van der Waals surface area contributed by atoms with E-state index in [1.165, 1.54) is 0 Å². The fourth-order valence-electron chi connectivity index (χ4n) is 2.83. The third kappa shape index (κ3) is 6.43. The van der Waals surface area contributed by atoms with Gasteiger partial charge in [0.2, 0.25) is 0 Å². The summed E-state index contributed by atoms with van der Waals surface area (Å²) in [4.78, 5) is 36.2. The Morgan fingerprint density at radius 3 is 1.97 bits per heavy atom. The molecule has 0 aliphatic heterocycles. The van der Waals surface area contributed by atoms with Gasteiger partial charge in [-0.1, -0.05) is 42.5 Å². The number of nitrogens with one attached hydrogen (secondary N) is 2. The maximum Gasteiger partial charge on any atom is 0.276 e. The van der Waals surface area contributed by atoms with Gasteiger partial charge in [-0.3, -0.25) is 25.2 Å². The summed E-state index contributed by atoms with van der Waals surface area (Å²) in [5.41, 5.74) is 7.59. The van der Waals surface area contributed by atoms with Crippen LogP contribution in [0.1, 0.15) is 27.0 Å². The van der Waals surface area contributed by atoms with E-state index in [1.54, 1.807) is 48.5 Å². The minimum Gasteiger partial charge on any atom is -0.484 e. The van der Waals surface area contributed by atoms with Crippen LogP contribution in [0, 0.1) is 13.8 Å². The molecule has 3 aromatic rings. The number of ether oxygens (including phenoxy) is 2. The lowest BCUT2D eigenvalue weighted by Gasteiger charge is -2.11. The maximum atomic E-state index is 12.4. The molecule has 0 unspecified atom stereocenters. The Balaban J connectivity index is 1.40. The zero-order chi connectivity index (χ0) is 22.9. The Hall–Kier alpha value is -4.13. The molecule has 0 fully saturated rings. The highest BCUT2D eigenvalue weighted by atomic mass is 16.5. The van der Waals surface area contributed by atoms with E-state index < -0.39 is 11.8 Å². The number of rotatable bonds is 8. The molecule has 0 aliphatic carbocycles. The number of hydrogen-bond acceptors (Lipinski definition) is 5. The van der Waals surface area contributed by atoms with Crippen molar-refractivity contribution in [3.8, 4) is 11.5 Å². The molecule has 0 saturated carbocycles. The van der Waals surface area contributed by atoms with Crippen LogP contribution < -0.4 is 20.3 Å². The fraction of sp³-hybridized carbons (Fsp3) is 0.160. The number of amides is 2. The second-order valence-corrected chi connectivity index (χ2v) is 7.16. The summed E-state index contributed by atoms with van der Waals surface area (Å²) >= 11 is 0. The first kappa shape index (κ1) is 22.6. The molecule has 0 aromatic heterocycles. The minimum absolute atomic E-state index is 0.0966. The Bertz CT molecular complexity index is 1100. The Morgan fingerprint density at radius 1 is 0.719 bits per heavy atom. The molecule has 0 aliphatic rings. The van der Waals surface area contributed by atoms with E-state index in [1.807, 2.05) is 38.1 Å². The molecule has 0 bridgehead atoms. The normalized spacial score (nSPS) is 10.2. The number of benzene rings is 3. The highest BCUT2D eigenvalue weighted by Crippen LogP contribution is 2.19. The molecular formula is C25H24N2O5. The summed E-state index contributed by atoms with van der Waals surface area (Å²) in [6.45, 7) is 3.28. The van der Waals surface area contributed by atoms with Gasteiger partial charge in [0.25, 0.3) is 11.8 Å². The van der Waals surface area contributed by atoms with E-state index >= 15 is 0 Å². The van der Waals surface area contributed by atoms with Crippen LogP contribution in [0.15, 0.2) is 72.8 Å². The van der Waals surface area contributed by atoms with Crippen molar-refractivity contribution in [3.63, 3.8) is 0 Å². The average Bonchev–Trinajstić information content (AvgIpc) is 2.82. The van der Waals surface area contributed by atoms with Crippen LogP contribution in [0.25, 0.3) is 0 Å². The third-order valence-corrected chi connectivity index (χ3v) is 4.57. The third-order valence-electron chi connectivity index (χ3n) is 4.57.